The molecule has 0 spiro atoms. The number of fused-ring (bicyclic) bond motifs is 1. The van der Waals surface area contributed by atoms with Crippen LogP contribution < -0.4 is 4.90 Å². The number of piperidine rings is 1. The Labute approximate surface area is 176 Å². The van der Waals surface area contributed by atoms with E-state index in [-0.39, 0.29) is 23.7 Å². The van der Waals surface area contributed by atoms with Gasteiger partial charge in [0.1, 0.15) is 11.6 Å². The molecular weight excluding hydrogens is 383 g/mol. The zero-order chi connectivity index (χ0) is 21.3. The van der Waals surface area contributed by atoms with E-state index >= 15 is 0 Å². The molecule has 4 rings (SSSR count). The largest absolute Gasteiger partial charge is 0.332 e. The van der Waals surface area contributed by atoms with Crippen LogP contribution in [0.15, 0.2) is 24.3 Å². The minimum atomic E-state index is -0.270. The van der Waals surface area contributed by atoms with Gasteiger partial charge in [-0.15, -0.1) is 0 Å². The maximum Gasteiger partial charge on any atom is 0.232 e. The Balaban J connectivity index is 1.61. The summed E-state index contributed by atoms with van der Waals surface area (Å²) in [5, 5.41) is 0. The molecule has 1 unspecified atom stereocenters. The zero-order valence-electron chi connectivity index (χ0n) is 17.5. The standard InChI is InChI=1S/C23H27FN4O2/c1-3-20(29)27-12-5-4-6-19(27)22-25-15(2)18-14-21(30)28(23(18)26-22)13-11-16-7-9-17(24)10-8-16/h7-10,19H,3-6,11-14H2,1-2H3. The Bertz CT molecular complexity index is 960. The van der Waals surface area contributed by atoms with E-state index in [4.69, 9.17) is 9.97 Å². The van der Waals surface area contributed by atoms with Gasteiger partial charge in [0, 0.05) is 30.8 Å². The van der Waals surface area contributed by atoms with Crippen molar-refractivity contribution in [2.75, 3.05) is 18.0 Å². The molecule has 1 fully saturated rings. The summed E-state index contributed by atoms with van der Waals surface area (Å²) >= 11 is 0. The summed E-state index contributed by atoms with van der Waals surface area (Å²) in [5.74, 6) is 1.15. The monoisotopic (exact) mass is 410 g/mol. The molecule has 30 heavy (non-hydrogen) atoms. The first kappa shape index (κ1) is 20.4. The van der Waals surface area contributed by atoms with Crippen molar-refractivity contribution < 1.29 is 14.0 Å². The number of rotatable bonds is 5. The molecular formula is C23H27FN4O2. The number of hydrogen-bond acceptors (Lipinski definition) is 4. The molecule has 2 aromatic rings. The Morgan fingerprint density at radius 1 is 1.20 bits per heavy atom. The first-order valence-electron chi connectivity index (χ1n) is 10.7. The number of likely N-dealkylation sites (tertiary alicyclic amines) is 1. The normalized spacial score (nSPS) is 18.6. The molecule has 158 valence electrons. The van der Waals surface area contributed by atoms with Gasteiger partial charge < -0.3 is 4.90 Å². The second kappa shape index (κ2) is 8.50. The lowest BCUT2D eigenvalue weighted by Crippen LogP contribution is -2.39. The van der Waals surface area contributed by atoms with Gasteiger partial charge in [-0.3, -0.25) is 14.5 Å². The van der Waals surface area contributed by atoms with E-state index in [1.165, 1.54) is 12.1 Å². The quantitative estimate of drug-likeness (QED) is 0.757. The van der Waals surface area contributed by atoms with Gasteiger partial charge in [0.2, 0.25) is 11.8 Å². The number of carbonyl (C=O) groups excluding carboxylic acids is 2. The second-order valence-electron chi connectivity index (χ2n) is 8.02. The van der Waals surface area contributed by atoms with E-state index in [2.05, 4.69) is 0 Å². The van der Waals surface area contributed by atoms with Crippen molar-refractivity contribution >= 4 is 17.6 Å². The molecule has 3 heterocycles. The van der Waals surface area contributed by atoms with Gasteiger partial charge in [0.25, 0.3) is 0 Å². The fourth-order valence-electron chi connectivity index (χ4n) is 4.37. The summed E-state index contributed by atoms with van der Waals surface area (Å²) in [4.78, 5) is 38.3. The third-order valence-corrected chi connectivity index (χ3v) is 6.06. The fraction of sp³-hybridized carbons (Fsp3) is 0.478. The SMILES string of the molecule is CCC(=O)N1CCCCC1c1nc(C)c2c(n1)N(CCc1ccc(F)cc1)C(=O)C2. The molecule has 2 aliphatic heterocycles. The molecule has 7 heteroatoms. The lowest BCUT2D eigenvalue weighted by Gasteiger charge is -2.35. The highest BCUT2D eigenvalue weighted by Gasteiger charge is 2.35. The number of anilines is 1. The van der Waals surface area contributed by atoms with Crippen LogP contribution in [0.3, 0.4) is 0 Å². The van der Waals surface area contributed by atoms with Gasteiger partial charge in [0.05, 0.1) is 12.5 Å². The van der Waals surface area contributed by atoms with Crippen molar-refractivity contribution in [2.24, 2.45) is 0 Å². The second-order valence-corrected chi connectivity index (χ2v) is 8.02. The summed E-state index contributed by atoms with van der Waals surface area (Å²) in [6.45, 7) is 4.99. The van der Waals surface area contributed by atoms with Crippen LogP contribution in [0.2, 0.25) is 0 Å². The predicted molar refractivity (Wildman–Crippen MR) is 112 cm³/mol. The number of hydrogen-bond donors (Lipinski definition) is 0. The van der Waals surface area contributed by atoms with Crippen molar-refractivity contribution in [2.45, 2.75) is 58.4 Å². The molecule has 1 aromatic heterocycles. The van der Waals surface area contributed by atoms with Crippen LogP contribution in [0.1, 0.15) is 61.3 Å². The van der Waals surface area contributed by atoms with E-state index in [1.807, 2.05) is 18.7 Å². The Morgan fingerprint density at radius 3 is 2.70 bits per heavy atom. The Kier molecular flexibility index (Phi) is 5.79. The first-order valence-corrected chi connectivity index (χ1v) is 10.7. The first-order chi connectivity index (χ1) is 14.5. The van der Waals surface area contributed by atoms with Crippen LogP contribution in [0, 0.1) is 12.7 Å². The molecule has 0 aliphatic carbocycles. The van der Waals surface area contributed by atoms with Crippen molar-refractivity contribution in [3.63, 3.8) is 0 Å². The lowest BCUT2D eigenvalue weighted by atomic mass is 10.0. The number of amides is 2. The van der Waals surface area contributed by atoms with Crippen LogP contribution >= 0.6 is 0 Å². The van der Waals surface area contributed by atoms with Gasteiger partial charge in [-0.1, -0.05) is 19.1 Å². The molecule has 2 amide bonds. The van der Waals surface area contributed by atoms with Gasteiger partial charge in [-0.25, -0.2) is 14.4 Å². The number of halogens is 1. The van der Waals surface area contributed by atoms with Crippen molar-refractivity contribution in [3.8, 4) is 0 Å². The van der Waals surface area contributed by atoms with Gasteiger partial charge in [-0.05, 0) is 50.3 Å². The van der Waals surface area contributed by atoms with Crippen LogP contribution in [0.4, 0.5) is 10.2 Å². The average molecular weight is 410 g/mol. The Hall–Kier alpha value is -2.83. The number of aromatic nitrogens is 2. The minimum absolute atomic E-state index is 0.00629. The van der Waals surface area contributed by atoms with Crippen LogP contribution in [0.5, 0.6) is 0 Å². The maximum absolute atomic E-state index is 13.2. The minimum Gasteiger partial charge on any atom is -0.332 e. The molecule has 1 atom stereocenters. The molecule has 0 saturated carbocycles. The topological polar surface area (TPSA) is 66.4 Å². The molecule has 0 radical (unpaired) electrons. The van der Waals surface area contributed by atoms with Gasteiger partial charge >= 0.3 is 0 Å². The summed E-state index contributed by atoms with van der Waals surface area (Å²) < 4.78 is 13.2. The van der Waals surface area contributed by atoms with Gasteiger partial charge in [0.15, 0.2) is 5.82 Å². The molecule has 0 N–H and O–H groups in total. The van der Waals surface area contributed by atoms with E-state index in [1.54, 1.807) is 17.0 Å². The van der Waals surface area contributed by atoms with E-state index < -0.39 is 0 Å². The third kappa shape index (κ3) is 3.93. The number of aryl methyl sites for hydroxylation is 1. The smallest absolute Gasteiger partial charge is 0.232 e. The highest BCUT2D eigenvalue weighted by atomic mass is 19.1. The molecule has 2 aliphatic rings. The zero-order valence-corrected chi connectivity index (χ0v) is 17.5. The molecule has 6 nitrogen and oxygen atoms in total. The fourth-order valence-corrected chi connectivity index (χ4v) is 4.37. The third-order valence-electron chi connectivity index (χ3n) is 6.06. The highest BCUT2D eigenvalue weighted by molar-refractivity contribution is 6.00. The van der Waals surface area contributed by atoms with Crippen LogP contribution in [-0.2, 0) is 22.4 Å². The van der Waals surface area contributed by atoms with E-state index in [9.17, 15) is 14.0 Å². The molecule has 1 saturated heterocycles. The highest BCUT2D eigenvalue weighted by Crippen LogP contribution is 2.34. The summed E-state index contributed by atoms with van der Waals surface area (Å²) in [6.07, 6.45) is 4.25. The summed E-state index contributed by atoms with van der Waals surface area (Å²) in [6, 6.07) is 6.21. The van der Waals surface area contributed by atoms with Gasteiger partial charge in [-0.2, -0.15) is 0 Å². The van der Waals surface area contributed by atoms with Crippen molar-refractivity contribution in [1.82, 2.24) is 14.9 Å². The van der Waals surface area contributed by atoms with E-state index in [0.29, 0.717) is 37.4 Å². The van der Waals surface area contributed by atoms with Crippen LogP contribution in [0.25, 0.3) is 0 Å². The van der Waals surface area contributed by atoms with Crippen molar-refractivity contribution in [1.29, 1.82) is 0 Å². The number of carbonyl (C=O) groups is 2. The molecule has 0 bridgehead atoms. The van der Waals surface area contributed by atoms with Crippen molar-refractivity contribution in [3.05, 3.63) is 52.7 Å². The Morgan fingerprint density at radius 2 is 1.97 bits per heavy atom. The molecule has 1 aromatic carbocycles. The maximum atomic E-state index is 13.2. The van der Waals surface area contributed by atoms with E-state index in [0.717, 1.165) is 42.6 Å². The summed E-state index contributed by atoms with van der Waals surface area (Å²) in [7, 11) is 0. The summed E-state index contributed by atoms with van der Waals surface area (Å²) in [5.41, 5.74) is 2.64. The number of nitrogens with zero attached hydrogens (tertiary/aromatic N) is 4. The van der Waals surface area contributed by atoms with Crippen LogP contribution in [-0.4, -0.2) is 39.8 Å². The number of benzene rings is 1. The lowest BCUT2D eigenvalue weighted by molar-refractivity contribution is -0.135. The predicted octanol–water partition coefficient (Wildman–Crippen LogP) is 3.52. The average Bonchev–Trinajstić information content (AvgIpc) is 3.08.